The Balaban J connectivity index is 1.91. The maximum absolute atomic E-state index is 9.58. The lowest BCUT2D eigenvalue weighted by Crippen LogP contribution is -2.02. The number of rotatable bonds is 6. The molecule has 0 radical (unpaired) electrons. The fourth-order valence-electron chi connectivity index (χ4n) is 3.45. The lowest BCUT2D eigenvalue weighted by atomic mass is 10.0. The number of pyridine rings is 1. The Morgan fingerprint density at radius 1 is 1.24 bits per heavy atom. The van der Waals surface area contributed by atoms with E-state index in [1.165, 1.54) is 0 Å². The van der Waals surface area contributed by atoms with Gasteiger partial charge in [-0.1, -0.05) is 18.2 Å². The third-order valence-electron chi connectivity index (χ3n) is 4.84. The van der Waals surface area contributed by atoms with Crippen molar-refractivity contribution in [2.75, 3.05) is 19.5 Å². The van der Waals surface area contributed by atoms with Crippen LogP contribution in [0.3, 0.4) is 0 Å². The molecule has 7 nitrogen and oxygen atoms in total. The van der Waals surface area contributed by atoms with E-state index in [9.17, 15) is 10.4 Å². The largest absolute Gasteiger partial charge is 0.459 e. The zero-order valence-corrected chi connectivity index (χ0v) is 15.9. The van der Waals surface area contributed by atoms with Crippen molar-refractivity contribution < 1.29 is 14.3 Å². The number of aliphatic hydroxyl groups is 1. The molecule has 4 aromatic rings. The number of fused-ring (bicyclic) bond motifs is 1. The predicted molar refractivity (Wildman–Crippen MR) is 110 cm³/mol. The number of furan rings is 1. The van der Waals surface area contributed by atoms with Crippen molar-refractivity contribution in [3.63, 3.8) is 0 Å². The summed E-state index contributed by atoms with van der Waals surface area (Å²) in [5, 5.41) is 19.9. The van der Waals surface area contributed by atoms with E-state index in [0.29, 0.717) is 35.9 Å². The van der Waals surface area contributed by atoms with Gasteiger partial charge in [-0.15, -0.1) is 0 Å². The number of methoxy groups -OCH3 is 1. The molecule has 146 valence electrons. The Labute approximate surface area is 167 Å². The molecule has 0 spiro atoms. The molecule has 0 atom stereocenters. The van der Waals surface area contributed by atoms with E-state index in [-0.39, 0.29) is 18.0 Å². The van der Waals surface area contributed by atoms with Gasteiger partial charge in [0, 0.05) is 41.9 Å². The maximum atomic E-state index is 9.58. The van der Waals surface area contributed by atoms with Crippen molar-refractivity contribution in [1.82, 2.24) is 9.55 Å². The summed E-state index contributed by atoms with van der Waals surface area (Å²) in [4.78, 5) is 4.49. The van der Waals surface area contributed by atoms with Crippen molar-refractivity contribution in [1.29, 1.82) is 5.26 Å². The molecule has 29 heavy (non-hydrogen) atoms. The maximum Gasteiger partial charge on any atom is 0.142 e. The second kappa shape index (κ2) is 7.80. The first-order valence-corrected chi connectivity index (χ1v) is 9.14. The van der Waals surface area contributed by atoms with E-state index in [1.54, 1.807) is 25.3 Å². The second-order valence-corrected chi connectivity index (χ2v) is 6.60. The SMILES string of the molecule is COCCn1cc(-c2cc(-c3ccc(CO)o3)c(C#N)c(N)n2)c2ccccc21. The minimum atomic E-state index is -0.220. The van der Waals surface area contributed by atoms with Crippen LogP contribution in [-0.4, -0.2) is 28.4 Å². The summed E-state index contributed by atoms with van der Waals surface area (Å²) in [6.07, 6.45) is 2.02. The number of benzene rings is 1. The Morgan fingerprint density at radius 2 is 2.07 bits per heavy atom. The first-order chi connectivity index (χ1) is 14.2. The van der Waals surface area contributed by atoms with Gasteiger partial charge in [-0.2, -0.15) is 5.26 Å². The molecule has 0 amide bonds. The number of nitrogens with two attached hydrogens (primary N) is 1. The van der Waals surface area contributed by atoms with E-state index in [1.807, 2.05) is 30.5 Å². The summed E-state index contributed by atoms with van der Waals surface area (Å²) < 4.78 is 13.0. The van der Waals surface area contributed by atoms with Gasteiger partial charge in [-0.05, 0) is 24.3 Å². The third kappa shape index (κ3) is 3.36. The van der Waals surface area contributed by atoms with Crippen molar-refractivity contribution in [3.05, 3.63) is 60.0 Å². The van der Waals surface area contributed by atoms with Gasteiger partial charge in [0.15, 0.2) is 0 Å². The molecular formula is C22H20N4O3. The highest BCUT2D eigenvalue weighted by atomic mass is 16.5. The molecule has 0 aliphatic heterocycles. The van der Waals surface area contributed by atoms with Crippen molar-refractivity contribution in [2.24, 2.45) is 0 Å². The van der Waals surface area contributed by atoms with E-state index in [4.69, 9.17) is 14.9 Å². The Hall–Kier alpha value is -3.60. The van der Waals surface area contributed by atoms with Crippen LogP contribution in [0.4, 0.5) is 5.82 Å². The number of anilines is 1. The fourth-order valence-corrected chi connectivity index (χ4v) is 3.45. The average Bonchev–Trinajstić information content (AvgIpc) is 3.36. The first kappa shape index (κ1) is 18.7. The van der Waals surface area contributed by atoms with Crippen LogP contribution in [0, 0.1) is 11.3 Å². The van der Waals surface area contributed by atoms with Crippen LogP contribution in [0.2, 0.25) is 0 Å². The van der Waals surface area contributed by atoms with E-state index < -0.39 is 0 Å². The van der Waals surface area contributed by atoms with Crippen LogP contribution >= 0.6 is 0 Å². The number of nitrogens with zero attached hydrogens (tertiary/aromatic N) is 3. The van der Waals surface area contributed by atoms with Gasteiger partial charge in [0.25, 0.3) is 0 Å². The Kier molecular flexibility index (Phi) is 5.04. The number of nitriles is 1. The van der Waals surface area contributed by atoms with Crippen LogP contribution in [0.1, 0.15) is 11.3 Å². The number of ether oxygens (including phenoxy) is 1. The molecular weight excluding hydrogens is 368 g/mol. The number of hydrogen-bond acceptors (Lipinski definition) is 6. The van der Waals surface area contributed by atoms with Crippen LogP contribution in [0.5, 0.6) is 0 Å². The fraction of sp³-hybridized carbons (Fsp3) is 0.182. The standard InChI is InChI=1S/C22H20N4O3/c1-28-9-8-26-12-18(15-4-2-3-5-20(15)26)19-10-16(17(11-23)22(24)25-19)21-7-6-14(13-27)29-21/h2-7,10,12,27H,8-9,13H2,1H3,(H2,24,25). The van der Waals surface area contributed by atoms with E-state index in [2.05, 4.69) is 15.6 Å². The molecule has 0 fully saturated rings. The molecule has 3 N–H and O–H groups in total. The van der Waals surface area contributed by atoms with Crippen molar-refractivity contribution >= 4 is 16.7 Å². The molecule has 0 aliphatic carbocycles. The van der Waals surface area contributed by atoms with Gasteiger partial charge in [0.1, 0.15) is 35.6 Å². The highest BCUT2D eigenvalue weighted by Gasteiger charge is 2.18. The van der Waals surface area contributed by atoms with E-state index in [0.717, 1.165) is 16.5 Å². The summed E-state index contributed by atoms with van der Waals surface area (Å²) in [6.45, 7) is 1.07. The number of para-hydroxylation sites is 1. The molecule has 0 saturated carbocycles. The Bertz CT molecular complexity index is 1220. The highest BCUT2D eigenvalue weighted by Crippen LogP contribution is 2.35. The lowest BCUT2D eigenvalue weighted by Gasteiger charge is -2.08. The number of aromatic nitrogens is 2. The average molecular weight is 388 g/mol. The van der Waals surface area contributed by atoms with Crippen LogP contribution in [0.15, 0.2) is 53.1 Å². The van der Waals surface area contributed by atoms with Gasteiger partial charge in [-0.25, -0.2) is 4.98 Å². The normalized spacial score (nSPS) is 11.1. The molecule has 0 aliphatic rings. The third-order valence-corrected chi connectivity index (χ3v) is 4.84. The molecule has 0 saturated heterocycles. The zero-order chi connectivity index (χ0) is 20.4. The van der Waals surface area contributed by atoms with Gasteiger partial charge in [0.05, 0.1) is 12.3 Å². The molecule has 4 rings (SSSR count). The highest BCUT2D eigenvalue weighted by molar-refractivity contribution is 5.96. The minimum Gasteiger partial charge on any atom is -0.459 e. The topological polar surface area (TPSA) is 110 Å². The van der Waals surface area contributed by atoms with Gasteiger partial charge in [0.2, 0.25) is 0 Å². The monoisotopic (exact) mass is 388 g/mol. The van der Waals surface area contributed by atoms with Gasteiger partial charge < -0.3 is 24.6 Å². The summed E-state index contributed by atoms with van der Waals surface area (Å²) in [5.41, 5.74) is 9.53. The first-order valence-electron chi connectivity index (χ1n) is 9.14. The number of nitrogen functional groups attached to an aromatic ring is 1. The summed E-state index contributed by atoms with van der Waals surface area (Å²) in [5.74, 6) is 1.01. The summed E-state index contributed by atoms with van der Waals surface area (Å²) in [6, 6.07) is 15.3. The van der Waals surface area contributed by atoms with Crippen molar-refractivity contribution in [2.45, 2.75) is 13.2 Å². The molecule has 3 heterocycles. The molecule has 0 unspecified atom stereocenters. The Morgan fingerprint density at radius 3 is 2.79 bits per heavy atom. The molecule has 7 heteroatoms. The van der Waals surface area contributed by atoms with Crippen LogP contribution in [0.25, 0.3) is 33.5 Å². The summed E-state index contributed by atoms with van der Waals surface area (Å²) in [7, 11) is 1.67. The zero-order valence-electron chi connectivity index (χ0n) is 15.9. The lowest BCUT2D eigenvalue weighted by molar-refractivity contribution is 0.188. The second-order valence-electron chi connectivity index (χ2n) is 6.60. The van der Waals surface area contributed by atoms with Crippen LogP contribution < -0.4 is 5.73 Å². The minimum absolute atomic E-state index is 0.135. The molecule has 0 bridgehead atoms. The summed E-state index contributed by atoms with van der Waals surface area (Å²) >= 11 is 0. The van der Waals surface area contributed by atoms with Crippen LogP contribution in [-0.2, 0) is 17.9 Å². The number of aliphatic hydroxyl groups excluding tert-OH is 1. The van der Waals surface area contributed by atoms with E-state index >= 15 is 0 Å². The quantitative estimate of drug-likeness (QED) is 0.523. The van der Waals surface area contributed by atoms with Gasteiger partial charge in [-0.3, -0.25) is 0 Å². The van der Waals surface area contributed by atoms with Gasteiger partial charge >= 0.3 is 0 Å². The predicted octanol–water partition coefficient (Wildman–Crippen LogP) is 3.56. The number of hydrogen-bond donors (Lipinski definition) is 2. The molecule has 3 aromatic heterocycles. The smallest absolute Gasteiger partial charge is 0.142 e. The molecule has 1 aromatic carbocycles. The van der Waals surface area contributed by atoms with Crippen molar-refractivity contribution in [3.8, 4) is 28.7 Å².